The Hall–Kier alpha value is -3.02. The molecular weight excluding hydrogens is 286 g/mol. The first kappa shape index (κ1) is 15.4. The molecular formula is C16H13NO5. The smallest absolute Gasteiger partial charge is 0.344 e. The molecule has 0 atom stereocenters. The van der Waals surface area contributed by atoms with Crippen LogP contribution in [0, 0.1) is 17.0 Å². The molecule has 0 saturated heterocycles. The van der Waals surface area contributed by atoms with Crippen LogP contribution in [0.5, 0.6) is 5.75 Å². The van der Waals surface area contributed by atoms with Gasteiger partial charge in [0.1, 0.15) is 5.75 Å². The molecule has 0 heterocycles. The lowest BCUT2D eigenvalue weighted by molar-refractivity contribution is -0.385. The Morgan fingerprint density at radius 2 is 1.82 bits per heavy atom. The summed E-state index contributed by atoms with van der Waals surface area (Å²) >= 11 is 0. The van der Waals surface area contributed by atoms with Crippen molar-refractivity contribution in [1.29, 1.82) is 0 Å². The number of nitrogens with zero attached hydrogens (tertiary/aromatic N) is 1. The average molecular weight is 299 g/mol. The fraction of sp³-hybridized carbons (Fsp3) is 0.125. The minimum atomic E-state index is -0.707. The Morgan fingerprint density at radius 1 is 1.14 bits per heavy atom. The molecule has 0 amide bonds. The minimum Gasteiger partial charge on any atom is -0.423 e. The molecule has 6 nitrogen and oxygen atoms in total. The van der Waals surface area contributed by atoms with Crippen molar-refractivity contribution in [2.24, 2.45) is 0 Å². The molecule has 0 aliphatic carbocycles. The van der Waals surface area contributed by atoms with E-state index in [4.69, 9.17) is 4.74 Å². The molecule has 0 aromatic heterocycles. The number of hydrogen-bond donors (Lipinski definition) is 0. The summed E-state index contributed by atoms with van der Waals surface area (Å²) in [4.78, 5) is 33.8. The minimum absolute atomic E-state index is 0.113. The van der Waals surface area contributed by atoms with Crippen molar-refractivity contribution in [2.75, 3.05) is 0 Å². The number of esters is 1. The predicted octanol–water partition coefficient (Wildman–Crippen LogP) is 3.33. The monoisotopic (exact) mass is 299 g/mol. The average Bonchev–Trinajstić information content (AvgIpc) is 2.47. The predicted molar refractivity (Wildman–Crippen MR) is 79.2 cm³/mol. The number of nitro benzene ring substituents is 1. The molecule has 6 heteroatoms. The molecule has 0 saturated carbocycles. The molecule has 22 heavy (non-hydrogen) atoms. The fourth-order valence-corrected chi connectivity index (χ4v) is 1.98. The molecule has 112 valence electrons. The van der Waals surface area contributed by atoms with Gasteiger partial charge in [-0.2, -0.15) is 0 Å². The van der Waals surface area contributed by atoms with E-state index in [-0.39, 0.29) is 28.3 Å². The van der Waals surface area contributed by atoms with Gasteiger partial charge in [0.2, 0.25) is 0 Å². The molecule has 0 unspecified atom stereocenters. The van der Waals surface area contributed by atoms with Crippen LogP contribution in [0.2, 0.25) is 0 Å². The van der Waals surface area contributed by atoms with E-state index < -0.39 is 10.9 Å². The first-order valence-corrected chi connectivity index (χ1v) is 6.47. The van der Waals surface area contributed by atoms with E-state index >= 15 is 0 Å². The Labute approximate surface area is 126 Å². The summed E-state index contributed by atoms with van der Waals surface area (Å²) in [5.74, 6) is -0.644. The summed E-state index contributed by atoms with van der Waals surface area (Å²) < 4.78 is 5.19. The second kappa shape index (κ2) is 6.17. The zero-order chi connectivity index (χ0) is 16.3. The second-order valence-electron chi connectivity index (χ2n) is 4.68. The highest BCUT2D eigenvalue weighted by Crippen LogP contribution is 2.23. The van der Waals surface area contributed by atoms with Crippen LogP contribution in [0.3, 0.4) is 0 Å². The summed E-state index contributed by atoms with van der Waals surface area (Å²) in [5.41, 5.74) is 0.621. The molecule has 0 N–H and O–H groups in total. The number of nitro groups is 1. The zero-order valence-electron chi connectivity index (χ0n) is 12.0. The summed E-state index contributed by atoms with van der Waals surface area (Å²) in [6, 6.07) is 10.4. The van der Waals surface area contributed by atoms with Crippen molar-refractivity contribution < 1.29 is 19.2 Å². The number of Topliss-reactive ketones (excluding diaryl/α,β-unsaturated/α-hetero) is 1. The van der Waals surface area contributed by atoms with E-state index in [2.05, 4.69) is 0 Å². The summed E-state index contributed by atoms with van der Waals surface area (Å²) in [7, 11) is 0. The fourth-order valence-electron chi connectivity index (χ4n) is 1.98. The topological polar surface area (TPSA) is 86.5 Å². The molecule has 2 aromatic carbocycles. The number of carbonyl (C=O) groups excluding carboxylic acids is 2. The van der Waals surface area contributed by atoms with Crippen molar-refractivity contribution >= 4 is 17.4 Å². The van der Waals surface area contributed by atoms with Crippen LogP contribution in [0.15, 0.2) is 42.5 Å². The van der Waals surface area contributed by atoms with Crippen LogP contribution in [0.4, 0.5) is 5.69 Å². The van der Waals surface area contributed by atoms with Gasteiger partial charge in [0.25, 0.3) is 5.69 Å². The Balaban J connectivity index is 2.30. The molecule has 2 aromatic rings. The van der Waals surface area contributed by atoms with Gasteiger partial charge in [0, 0.05) is 17.2 Å². The third-order valence-corrected chi connectivity index (χ3v) is 3.17. The lowest BCUT2D eigenvalue weighted by Crippen LogP contribution is -2.11. The van der Waals surface area contributed by atoms with Gasteiger partial charge in [-0.1, -0.05) is 18.2 Å². The van der Waals surface area contributed by atoms with Crippen LogP contribution < -0.4 is 4.74 Å². The Bertz CT molecular complexity index is 767. The van der Waals surface area contributed by atoms with Crippen molar-refractivity contribution in [3.05, 3.63) is 69.3 Å². The van der Waals surface area contributed by atoms with Crippen molar-refractivity contribution in [3.63, 3.8) is 0 Å². The van der Waals surface area contributed by atoms with Crippen molar-refractivity contribution in [1.82, 2.24) is 0 Å². The van der Waals surface area contributed by atoms with E-state index in [0.717, 1.165) is 0 Å². The summed E-state index contributed by atoms with van der Waals surface area (Å²) in [6.07, 6.45) is 0. The highest BCUT2D eigenvalue weighted by Gasteiger charge is 2.19. The SMILES string of the molecule is CC(=O)c1cccc(OC(=O)c2cccc([N+](=O)[O-])c2C)c1. The van der Waals surface area contributed by atoms with E-state index in [1.54, 1.807) is 12.1 Å². The molecule has 0 fully saturated rings. The quantitative estimate of drug-likeness (QED) is 0.284. The maximum atomic E-state index is 12.2. The molecule has 2 rings (SSSR count). The van der Waals surface area contributed by atoms with E-state index in [1.165, 1.54) is 44.2 Å². The number of hydrogen-bond acceptors (Lipinski definition) is 5. The number of ether oxygens (including phenoxy) is 1. The first-order chi connectivity index (χ1) is 10.4. The van der Waals surface area contributed by atoms with Gasteiger partial charge in [-0.25, -0.2) is 4.79 Å². The molecule has 0 radical (unpaired) electrons. The standard InChI is InChI=1S/C16H13NO5/c1-10-14(7-4-8-15(10)17(20)21)16(19)22-13-6-3-5-12(9-13)11(2)18/h3-9H,1-2H3. The van der Waals surface area contributed by atoms with Gasteiger partial charge in [0.15, 0.2) is 5.78 Å². The Morgan fingerprint density at radius 3 is 2.45 bits per heavy atom. The number of benzene rings is 2. The van der Waals surface area contributed by atoms with Crippen LogP contribution in [0.25, 0.3) is 0 Å². The third kappa shape index (κ3) is 3.17. The van der Waals surface area contributed by atoms with E-state index in [9.17, 15) is 19.7 Å². The molecule has 0 aliphatic heterocycles. The lowest BCUT2D eigenvalue weighted by Gasteiger charge is -2.07. The number of ketones is 1. The van der Waals surface area contributed by atoms with Crippen LogP contribution in [0.1, 0.15) is 33.2 Å². The van der Waals surface area contributed by atoms with Gasteiger partial charge in [-0.05, 0) is 32.0 Å². The van der Waals surface area contributed by atoms with Crippen LogP contribution in [-0.2, 0) is 0 Å². The second-order valence-corrected chi connectivity index (χ2v) is 4.68. The number of carbonyl (C=O) groups is 2. The summed E-state index contributed by atoms with van der Waals surface area (Å²) in [6.45, 7) is 2.90. The van der Waals surface area contributed by atoms with Crippen molar-refractivity contribution in [3.8, 4) is 5.75 Å². The maximum absolute atomic E-state index is 12.2. The zero-order valence-corrected chi connectivity index (χ0v) is 12.0. The largest absolute Gasteiger partial charge is 0.423 e. The van der Waals surface area contributed by atoms with Gasteiger partial charge in [0.05, 0.1) is 10.5 Å². The lowest BCUT2D eigenvalue weighted by atomic mass is 10.1. The summed E-state index contributed by atoms with van der Waals surface area (Å²) in [5, 5.41) is 10.9. The third-order valence-electron chi connectivity index (χ3n) is 3.17. The van der Waals surface area contributed by atoms with E-state index in [0.29, 0.717) is 5.56 Å². The first-order valence-electron chi connectivity index (χ1n) is 6.47. The molecule has 0 spiro atoms. The van der Waals surface area contributed by atoms with Crippen molar-refractivity contribution in [2.45, 2.75) is 13.8 Å². The highest BCUT2D eigenvalue weighted by molar-refractivity contribution is 5.96. The molecule has 0 aliphatic rings. The number of rotatable bonds is 4. The van der Waals surface area contributed by atoms with Gasteiger partial charge >= 0.3 is 5.97 Å². The maximum Gasteiger partial charge on any atom is 0.344 e. The van der Waals surface area contributed by atoms with Gasteiger partial charge < -0.3 is 4.74 Å². The highest BCUT2D eigenvalue weighted by atomic mass is 16.6. The normalized spacial score (nSPS) is 10.1. The molecule has 0 bridgehead atoms. The van der Waals surface area contributed by atoms with Crippen LogP contribution in [-0.4, -0.2) is 16.7 Å². The Kier molecular flexibility index (Phi) is 4.31. The van der Waals surface area contributed by atoms with E-state index in [1.807, 2.05) is 0 Å². The van der Waals surface area contributed by atoms with Crippen LogP contribution >= 0.6 is 0 Å². The van der Waals surface area contributed by atoms with Gasteiger partial charge in [-0.3, -0.25) is 14.9 Å². The van der Waals surface area contributed by atoms with Gasteiger partial charge in [-0.15, -0.1) is 0 Å².